The quantitative estimate of drug-likeness (QED) is 0.672. The van der Waals surface area contributed by atoms with Gasteiger partial charge in [0.05, 0.1) is 23.5 Å². The molecule has 0 saturated heterocycles. The molecule has 0 aromatic heterocycles. The van der Waals surface area contributed by atoms with Crippen LogP contribution in [0.15, 0.2) is 0 Å². The first-order chi connectivity index (χ1) is 6.91. The van der Waals surface area contributed by atoms with E-state index in [-0.39, 0.29) is 11.3 Å². The van der Waals surface area contributed by atoms with Crippen LogP contribution in [-0.4, -0.2) is 25.0 Å². The third-order valence-electron chi connectivity index (χ3n) is 2.45. The van der Waals surface area contributed by atoms with Crippen molar-refractivity contribution >= 4 is 0 Å². The Morgan fingerprint density at radius 2 is 1.93 bits per heavy atom. The van der Waals surface area contributed by atoms with Crippen molar-refractivity contribution in [2.45, 2.75) is 33.6 Å². The molecule has 3 heteroatoms. The zero-order valence-electron chi connectivity index (χ0n) is 10.2. The lowest BCUT2D eigenvalue weighted by Crippen LogP contribution is -2.25. The molecule has 0 aliphatic carbocycles. The van der Waals surface area contributed by atoms with Crippen LogP contribution in [0.3, 0.4) is 0 Å². The van der Waals surface area contributed by atoms with Crippen molar-refractivity contribution in [1.29, 1.82) is 10.5 Å². The van der Waals surface area contributed by atoms with Gasteiger partial charge in [-0.3, -0.25) is 0 Å². The summed E-state index contributed by atoms with van der Waals surface area (Å²) < 4.78 is 0. The van der Waals surface area contributed by atoms with Crippen LogP contribution in [0.4, 0.5) is 0 Å². The SMILES string of the molecule is CC(C#N)CN(C)CCCC(C)(C)C#N. The van der Waals surface area contributed by atoms with Crippen LogP contribution in [0.1, 0.15) is 33.6 Å². The molecule has 3 nitrogen and oxygen atoms in total. The standard InChI is InChI=1S/C12H21N3/c1-11(8-13)9-15(4)7-5-6-12(2,3)10-14/h11H,5-7,9H2,1-4H3. The first kappa shape index (κ1) is 13.9. The summed E-state index contributed by atoms with van der Waals surface area (Å²) in [5.41, 5.74) is -0.221. The third kappa shape index (κ3) is 6.94. The minimum atomic E-state index is -0.221. The van der Waals surface area contributed by atoms with Crippen molar-refractivity contribution in [3.8, 4) is 12.1 Å². The molecule has 0 spiro atoms. The molecule has 0 heterocycles. The van der Waals surface area contributed by atoms with Crippen molar-refractivity contribution < 1.29 is 0 Å². The molecule has 1 unspecified atom stereocenters. The number of hydrogen-bond donors (Lipinski definition) is 0. The van der Waals surface area contributed by atoms with Gasteiger partial charge in [-0.1, -0.05) is 0 Å². The summed E-state index contributed by atoms with van der Waals surface area (Å²) in [4.78, 5) is 2.15. The number of nitrogens with zero attached hydrogens (tertiary/aromatic N) is 3. The number of rotatable bonds is 6. The zero-order valence-corrected chi connectivity index (χ0v) is 10.2. The van der Waals surface area contributed by atoms with Crippen molar-refractivity contribution in [2.75, 3.05) is 20.1 Å². The Labute approximate surface area is 93.3 Å². The molecular weight excluding hydrogens is 186 g/mol. The fraction of sp³-hybridized carbons (Fsp3) is 0.833. The highest BCUT2D eigenvalue weighted by molar-refractivity contribution is 4.91. The molecule has 0 aromatic carbocycles. The highest BCUT2D eigenvalue weighted by Crippen LogP contribution is 2.20. The third-order valence-corrected chi connectivity index (χ3v) is 2.45. The van der Waals surface area contributed by atoms with E-state index in [4.69, 9.17) is 10.5 Å². The van der Waals surface area contributed by atoms with Gasteiger partial charge in [0, 0.05) is 6.54 Å². The van der Waals surface area contributed by atoms with Gasteiger partial charge < -0.3 is 4.90 Å². The average molecular weight is 207 g/mol. The molecule has 0 rings (SSSR count). The molecule has 0 aliphatic heterocycles. The molecule has 0 aromatic rings. The molecule has 0 amide bonds. The smallest absolute Gasteiger partial charge is 0.0683 e. The van der Waals surface area contributed by atoms with E-state index in [0.717, 1.165) is 25.9 Å². The van der Waals surface area contributed by atoms with E-state index in [9.17, 15) is 0 Å². The Bertz CT molecular complexity index is 257. The summed E-state index contributed by atoms with van der Waals surface area (Å²) in [6, 6.07) is 4.52. The van der Waals surface area contributed by atoms with Crippen molar-refractivity contribution in [2.24, 2.45) is 11.3 Å². The van der Waals surface area contributed by atoms with Crippen LogP contribution in [0.2, 0.25) is 0 Å². The van der Waals surface area contributed by atoms with Crippen molar-refractivity contribution in [3.05, 3.63) is 0 Å². The first-order valence-corrected chi connectivity index (χ1v) is 5.40. The summed E-state index contributed by atoms with van der Waals surface area (Å²) in [5.74, 6) is 0.0824. The predicted octanol–water partition coefficient (Wildman–Crippen LogP) is 2.41. The second kappa shape index (κ2) is 6.43. The van der Waals surface area contributed by atoms with Gasteiger partial charge >= 0.3 is 0 Å². The van der Waals surface area contributed by atoms with Crippen LogP contribution in [-0.2, 0) is 0 Å². The van der Waals surface area contributed by atoms with Gasteiger partial charge in [0.15, 0.2) is 0 Å². The lowest BCUT2D eigenvalue weighted by molar-refractivity contribution is 0.287. The lowest BCUT2D eigenvalue weighted by Gasteiger charge is -2.20. The van der Waals surface area contributed by atoms with Crippen LogP contribution in [0.25, 0.3) is 0 Å². The Kier molecular flexibility index (Phi) is 5.97. The molecule has 0 fully saturated rings. The van der Waals surface area contributed by atoms with Gasteiger partial charge in [0.25, 0.3) is 0 Å². The second-order valence-corrected chi connectivity index (χ2v) is 4.89. The molecule has 0 N–H and O–H groups in total. The Balaban J connectivity index is 3.70. The van der Waals surface area contributed by atoms with E-state index >= 15 is 0 Å². The molecule has 15 heavy (non-hydrogen) atoms. The number of hydrogen-bond acceptors (Lipinski definition) is 3. The largest absolute Gasteiger partial charge is 0.305 e. The maximum Gasteiger partial charge on any atom is 0.0683 e. The molecule has 0 saturated carbocycles. The Hall–Kier alpha value is -1.06. The minimum Gasteiger partial charge on any atom is -0.305 e. The first-order valence-electron chi connectivity index (χ1n) is 5.40. The fourth-order valence-corrected chi connectivity index (χ4v) is 1.45. The van der Waals surface area contributed by atoms with Crippen molar-refractivity contribution in [3.63, 3.8) is 0 Å². The van der Waals surface area contributed by atoms with E-state index in [1.807, 2.05) is 27.8 Å². The summed E-state index contributed by atoms with van der Waals surface area (Å²) in [7, 11) is 2.02. The van der Waals surface area contributed by atoms with E-state index in [0.29, 0.717) is 0 Å². The highest BCUT2D eigenvalue weighted by atomic mass is 15.1. The second-order valence-electron chi connectivity index (χ2n) is 4.89. The van der Waals surface area contributed by atoms with Crippen LogP contribution in [0.5, 0.6) is 0 Å². The zero-order chi connectivity index (χ0) is 11.9. The molecule has 0 aliphatic rings. The normalized spacial score (nSPS) is 13.3. The van der Waals surface area contributed by atoms with Gasteiger partial charge in [-0.05, 0) is 47.2 Å². The Morgan fingerprint density at radius 3 is 2.40 bits per heavy atom. The van der Waals surface area contributed by atoms with E-state index in [1.165, 1.54) is 0 Å². The average Bonchev–Trinajstić information content (AvgIpc) is 2.17. The molecule has 0 bridgehead atoms. The summed E-state index contributed by atoms with van der Waals surface area (Å²) >= 11 is 0. The van der Waals surface area contributed by atoms with Crippen LogP contribution < -0.4 is 0 Å². The number of nitriles is 2. The predicted molar refractivity (Wildman–Crippen MR) is 60.9 cm³/mol. The summed E-state index contributed by atoms with van der Waals surface area (Å²) in [6.07, 6.45) is 1.92. The van der Waals surface area contributed by atoms with Gasteiger partial charge in [0.1, 0.15) is 0 Å². The fourth-order valence-electron chi connectivity index (χ4n) is 1.45. The van der Waals surface area contributed by atoms with Crippen LogP contribution >= 0.6 is 0 Å². The lowest BCUT2D eigenvalue weighted by atomic mass is 9.90. The van der Waals surface area contributed by atoms with Gasteiger partial charge in [0.2, 0.25) is 0 Å². The van der Waals surface area contributed by atoms with Gasteiger partial charge in [-0.15, -0.1) is 0 Å². The highest BCUT2D eigenvalue weighted by Gasteiger charge is 2.16. The maximum absolute atomic E-state index is 8.84. The van der Waals surface area contributed by atoms with Crippen LogP contribution in [0, 0.1) is 34.0 Å². The molecule has 84 valence electrons. The summed E-state index contributed by atoms with van der Waals surface area (Å²) in [5, 5.41) is 17.5. The minimum absolute atomic E-state index is 0.0824. The summed E-state index contributed by atoms with van der Waals surface area (Å²) in [6.45, 7) is 7.62. The monoisotopic (exact) mass is 207 g/mol. The molecular formula is C12H21N3. The topological polar surface area (TPSA) is 50.8 Å². The van der Waals surface area contributed by atoms with Crippen molar-refractivity contribution in [1.82, 2.24) is 4.90 Å². The van der Waals surface area contributed by atoms with Gasteiger partial charge in [-0.25, -0.2) is 0 Å². The van der Waals surface area contributed by atoms with E-state index in [1.54, 1.807) is 0 Å². The Morgan fingerprint density at radius 1 is 1.33 bits per heavy atom. The van der Waals surface area contributed by atoms with E-state index in [2.05, 4.69) is 17.0 Å². The molecule has 1 atom stereocenters. The van der Waals surface area contributed by atoms with E-state index < -0.39 is 0 Å². The van der Waals surface area contributed by atoms with Gasteiger partial charge in [-0.2, -0.15) is 10.5 Å². The maximum atomic E-state index is 8.84. The molecule has 0 radical (unpaired) electrons.